The van der Waals surface area contributed by atoms with E-state index in [4.69, 9.17) is 4.74 Å². The van der Waals surface area contributed by atoms with Gasteiger partial charge in [0.05, 0.1) is 17.7 Å². The van der Waals surface area contributed by atoms with Crippen molar-refractivity contribution in [3.05, 3.63) is 106 Å². The van der Waals surface area contributed by atoms with E-state index in [1.165, 1.54) is 12.0 Å². The molecular weight excluding hydrogens is 588 g/mol. The van der Waals surface area contributed by atoms with Crippen LogP contribution in [0.3, 0.4) is 0 Å². The highest BCUT2D eigenvalue weighted by Crippen LogP contribution is 2.36. The summed E-state index contributed by atoms with van der Waals surface area (Å²) < 4.78 is 85.9. The molecule has 1 aromatic heterocycles. The van der Waals surface area contributed by atoms with Crippen LogP contribution in [0, 0.1) is 6.92 Å². The Hall–Kier alpha value is -4.32. The minimum atomic E-state index is -5.13. The lowest BCUT2D eigenvalue weighted by Gasteiger charge is -2.28. The molecule has 0 atom stereocenters. The molecule has 0 aliphatic carbocycles. The number of hydrogen-bond donors (Lipinski definition) is 1. The predicted octanol–water partition coefficient (Wildman–Crippen LogP) is 6.87. The van der Waals surface area contributed by atoms with Crippen LogP contribution in [0.2, 0.25) is 0 Å². The van der Waals surface area contributed by atoms with Crippen LogP contribution in [0.15, 0.2) is 72.9 Å². The third kappa shape index (κ3) is 8.19. The SMILES string of the molecule is COCCN(CC(=O)N(CCc1c[nH]c2ccccc12)Cc1ccc(C)cc1)C(=O)c1cc(C(F)(F)F)cc(C(F)(F)F)c1. The number of carbonyl (C=O) groups is 2. The molecule has 0 saturated carbocycles. The number of aromatic amines is 1. The fourth-order valence-corrected chi connectivity index (χ4v) is 4.78. The van der Waals surface area contributed by atoms with Crippen molar-refractivity contribution in [2.45, 2.75) is 32.2 Å². The van der Waals surface area contributed by atoms with Crippen LogP contribution in [0.5, 0.6) is 0 Å². The van der Waals surface area contributed by atoms with Gasteiger partial charge in [-0.05, 0) is 48.7 Å². The summed E-state index contributed by atoms with van der Waals surface area (Å²) >= 11 is 0. The Morgan fingerprint density at radius 3 is 2.09 bits per heavy atom. The highest BCUT2D eigenvalue weighted by atomic mass is 19.4. The molecule has 2 amide bonds. The first-order valence-corrected chi connectivity index (χ1v) is 13.7. The summed E-state index contributed by atoms with van der Waals surface area (Å²) in [5, 5.41) is 0.983. The maximum absolute atomic E-state index is 13.7. The van der Waals surface area contributed by atoms with Crippen molar-refractivity contribution >= 4 is 22.7 Å². The van der Waals surface area contributed by atoms with E-state index in [-0.39, 0.29) is 32.3 Å². The number of halogens is 6. The van der Waals surface area contributed by atoms with Crippen LogP contribution < -0.4 is 0 Å². The van der Waals surface area contributed by atoms with E-state index in [1.807, 2.05) is 61.7 Å². The van der Waals surface area contributed by atoms with Crippen molar-refractivity contribution in [2.24, 2.45) is 0 Å². The molecule has 4 aromatic rings. The van der Waals surface area contributed by atoms with E-state index < -0.39 is 47.4 Å². The maximum atomic E-state index is 13.7. The fourth-order valence-electron chi connectivity index (χ4n) is 4.78. The van der Waals surface area contributed by atoms with Crippen LogP contribution in [-0.2, 0) is 34.8 Å². The Bertz CT molecular complexity index is 1560. The van der Waals surface area contributed by atoms with Gasteiger partial charge in [-0.3, -0.25) is 9.59 Å². The average Bonchev–Trinajstić information content (AvgIpc) is 3.39. The van der Waals surface area contributed by atoms with Crippen molar-refractivity contribution < 1.29 is 40.7 Å². The number of hydrogen-bond acceptors (Lipinski definition) is 3. The van der Waals surface area contributed by atoms with E-state index in [0.29, 0.717) is 18.6 Å². The Morgan fingerprint density at radius 2 is 1.48 bits per heavy atom. The average molecular weight is 620 g/mol. The topological polar surface area (TPSA) is 65.6 Å². The summed E-state index contributed by atoms with van der Waals surface area (Å²) in [5.74, 6) is -1.68. The van der Waals surface area contributed by atoms with Gasteiger partial charge in [-0.15, -0.1) is 0 Å². The third-order valence-corrected chi connectivity index (χ3v) is 7.19. The number of amides is 2. The van der Waals surface area contributed by atoms with Gasteiger partial charge in [0.1, 0.15) is 6.54 Å². The number of methoxy groups -OCH3 is 1. The molecule has 0 unspecified atom stereocenters. The summed E-state index contributed by atoms with van der Waals surface area (Å²) in [6.45, 7) is 1.41. The van der Waals surface area contributed by atoms with Crippen LogP contribution >= 0.6 is 0 Å². The van der Waals surface area contributed by atoms with Crippen LogP contribution in [0.25, 0.3) is 10.9 Å². The third-order valence-electron chi connectivity index (χ3n) is 7.19. The number of alkyl halides is 6. The summed E-state index contributed by atoms with van der Waals surface area (Å²) in [7, 11) is 1.32. The number of nitrogens with zero attached hydrogens (tertiary/aromatic N) is 2. The second-order valence-corrected chi connectivity index (χ2v) is 10.4. The van der Waals surface area contributed by atoms with Crippen molar-refractivity contribution in [1.29, 1.82) is 0 Å². The first-order valence-electron chi connectivity index (χ1n) is 13.7. The zero-order valence-corrected chi connectivity index (χ0v) is 24.1. The van der Waals surface area contributed by atoms with Gasteiger partial charge < -0.3 is 19.5 Å². The predicted molar refractivity (Wildman–Crippen MR) is 153 cm³/mol. The van der Waals surface area contributed by atoms with Gasteiger partial charge in [0, 0.05) is 49.4 Å². The van der Waals surface area contributed by atoms with E-state index >= 15 is 0 Å². The number of benzene rings is 3. The van der Waals surface area contributed by atoms with Crippen molar-refractivity contribution in [1.82, 2.24) is 14.8 Å². The van der Waals surface area contributed by atoms with Gasteiger partial charge in [-0.2, -0.15) is 26.3 Å². The van der Waals surface area contributed by atoms with Crippen molar-refractivity contribution in [3.63, 3.8) is 0 Å². The minimum Gasteiger partial charge on any atom is -0.383 e. The Morgan fingerprint density at radius 1 is 0.841 bits per heavy atom. The standard InChI is InChI=1S/C32H31F6N3O3/c1-21-7-9-22(10-8-21)19-40(12-11-23-18-39-28-6-4-3-5-27(23)28)29(42)20-41(13-14-44-2)30(43)24-15-25(31(33,34)35)17-26(16-24)32(36,37)38/h3-10,15-18,39H,11-14,19-20H2,1-2H3. The summed E-state index contributed by atoms with van der Waals surface area (Å²) in [6, 6.07) is 15.8. The number of nitrogens with one attached hydrogen (secondary N) is 1. The molecule has 4 rings (SSSR count). The molecule has 0 spiro atoms. The normalized spacial score (nSPS) is 12.0. The molecule has 6 nitrogen and oxygen atoms in total. The Labute approximate surface area is 250 Å². The molecule has 12 heteroatoms. The van der Waals surface area contributed by atoms with Gasteiger partial charge in [-0.25, -0.2) is 0 Å². The van der Waals surface area contributed by atoms with E-state index in [1.54, 1.807) is 0 Å². The Balaban J connectivity index is 1.62. The summed E-state index contributed by atoms with van der Waals surface area (Å²) in [5.41, 5.74) is -0.360. The number of ether oxygens (including phenoxy) is 1. The maximum Gasteiger partial charge on any atom is 0.416 e. The summed E-state index contributed by atoms with van der Waals surface area (Å²) in [6.07, 6.45) is -7.96. The largest absolute Gasteiger partial charge is 0.416 e. The zero-order valence-electron chi connectivity index (χ0n) is 24.1. The van der Waals surface area contributed by atoms with E-state index in [2.05, 4.69) is 4.98 Å². The molecule has 234 valence electrons. The highest BCUT2D eigenvalue weighted by Gasteiger charge is 2.38. The van der Waals surface area contributed by atoms with Gasteiger partial charge in [0.15, 0.2) is 0 Å². The van der Waals surface area contributed by atoms with Crippen LogP contribution in [0.4, 0.5) is 26.3 Å². The van der Waals surface area contributed by atoms with Crippen LogP contribution in [-0.4, -0.2) is 59.9 Å². The molecule has 3 aromatic carbocycles. The molecule has 1 heterocycles. The first-order chi connectivity index (χ1) is 20.8. The van der Waals surface area contributed by atoms with E-state index in [9.17, 15) is 35.9 Å². The molecule has 0 aliphatic rings. The van der Waals surface area contributed by atoms with Crippen molar-refractivity contribution in [3.8, 4) is 0 Å². The quantitative estimate of drug-likeness (QED) is 0.186. The number of fused-ring (bicyclic) bond motifs is 1. The number of aromatic nitrogens is 1. The molecule has 0 saturated heterocycles. The molecule has 44 heavy (non-hydrogen) atoms. The summed E-state index contributed by atoms with van der Waals surface area (Å²) in [4.78, 5) is 32.8. The number of carbonyl (C=O) groups excluding carboxylic acids is 2. The lowest BCUT2D eigenvalue weighted by Crippen LogP contribution is -2.44. The number of aryl methyl sites for hydroxylation is 1. The van der Waals surface area contributed by atoms with Gasteiger partial charge in [-0.1, -0.05) is 48.0 Å². The number of para-hydroxylation sites is 1. The Kier molecular flexibility index (Phi) is 10.0. The van der Waals surface area contributed by atoms with Crippen molar-refractivity contribution in [2.75, 3.05) is 33.4 Å². The number of rotatable bonds is 11. The monoisotopic (exact) mass is 619 g/mol. The molecule has 0 bridgehead atoms. The molecule has 1 N–H and O–H groups in total. The molecular formula is C32H31F6N3O3. The van der Waals surface area contributed by atoms with Gasteiger partial charge >= 0.3 is 12.4 Å². The fraction of sp³-hybridized carbons (Fsp3) is 0.312. The first kappa shape index (κ1) is 32.6. The lowest BCUT2D eigenvalue weighted by molar-refractivity contribution is -0.143. The van der Waals surface area contributed by atoms with Gasteiger partial charge in [0.2, 0.25) is 5.91 Å². The van der Waals surface area contributed by atoms with E-state index in [0.717, 1.165) is 32.5 Å². The number of H-pyrrole nitrogens is 1. The molecule has 0 fully saturated rings. The second-order valence-electron chi connectivity index (χ2n) is 10.4. The molecule has 0 aliphatic heterocycles. The minimum absolute atomic E-state index is 0.0462. The lowest BCUT2D eigenvalue weighted by atomic mass is 10.0. The smallest absolute Gasteiger partial charge is 0.383 e. The molecule has 0 radical (unpaired) electrons. The van der Waals surface area contributed by atoms with Crippen LogP contribution in [0.1, 0.15) is 38.2 Å². The highest BCUT2D eigenvalue weighted by molar-refractivity contribution is 5.97. The second kappa shape index (κ2) is 13.5. The van der Waals surface area contributed by atoms with Gasteiger partial charge in [0.25, 0.3) is 5.91 Å². The zero-order chi connectivity index (χ0) is 32.1.